The molecule has 4 nitrogen and oxygen atoms in total. The summed E-state index contributed by atoms with van der Waals surface area (Å²) in [4.78, 5) is 0. The van der Waals surface area contributed by atoms with E-state index in [2.05, 4.69) is 24.0 Å². The monoisotopic (exact) mass is 266 g/mol. The van der Waals surface area contributed by atoms with Gasteiger partial charge in [-0.25, -0.2) is 8.42 Å². The summed E-state index contributed by atoms with van der Waals surface area (Å²) in [6.07, 6.45) is 2.24. The Labute approximate surface area is 98.4 Å². The summed E-state index contributed by atoms with van der Waals surface area (Å²) in [6, 6.07) is 0. The first-order valence-corrected chi connectivity index (χ1v) is 8.25. The molecular weight excluding hydrogens is 252 g/mol. The van der Waals surface area contributed by atoms with E-state index >= 15 is 0 Å². The molecule has 0 aromatic carbocycles. The van der Waals surface area contributed by atoms with Gasteiger partial charge >= 0.3 is 0 Å². The third kappa shape index (κ3) is 4.48. The fourth-order valence-corrected chi connectivity index (χ4v) is 3.87. The maximum absolute atomic E-state index is 11.1. The zero-order valence-electron chi connectivity index (χ0n) is 8.93. The van der Waals surface area contributed by atoms with Crippen LogP contribution in [0, 0.1) is 5.92 Å². The molecule has 1 heterocycles. The maximum Gasteiger partial charge on any atom is 0.233 e. The summed E-state index contributed by atoms with van der Waals surface area (Å²) in [5, 5.41) is 7.48. The molecule has 0 bridgehead atoms. The Hall–Kier alpha value is -0.140. The third-order valence-corrected chi connectivity index (χ3v) is 5.38. The average Bonchev–Trinajstić information content (AvgIpc) is 2.51. The smallest absolute Gasteiger partial charge is 0.221 e. The number of nitrogens with zero attached hydrogens (tertiary/aromatic N) is 2. The summed E-state index contributed by atoms with van der Waals surface area (Å²) >= 11 is 2.71. The molecule has 0 unspecified atom stereocenters. The minimum absolute atomic E-state index is 0.106. The van der Waals surface area contributed by atoms with Crippen LogP contribution in [0.5, 0.6) is 0 Å². The Morgan fingerprint density at radius 3 is 2.53 bits per heavy atom. The topological polar surface area (TPSA) is 59.9 Å². The predicted molar refractivity (Wildman–Crippen MR) is 63.2 cm³/mol. The number of hydrogen-bond acceptors (Lipinski definition) is 6. The number of hydrogen-bond donors (Lipinski definition) is 0. The minimum Gasteiger partial charge on any atom is -0.221 e. The highest BCUT2D eigenvalue weighted by Crippen LogP contribution is 2.26. The van der Waals surface area contributed by atoms with Gasteiger partial charge in [0.2, 0.25) is 14.2 Å². The van der Waals surface area contributed by atoms with Crippen LogP contribution in [0.2, 0.25) is 0 Å². The first-order valence-electron chi connectivity index (χ1n) is 4.56. The van der Waals surface area contributed by atoms with Crippen LogP contribution in [0.15, 0.2) is 8.68 Å². The number of aromatic nitrogens is 2. The zero-order chi connectivity index (χ0) is 11.5. The van der Waals surface area contributed by atoms with Crippen LogP contribution in [0.25, 0.3) is 0 Å². The molecule has 0 N–H and O–H groups in total. The molecule has 0 atom stereocenters. The van der Waals surface area contributed by atoms with Gasteiger partial charge in [-0.2, -0.15) is 0 Å². The normalized spacial score (nSPS) is 12.3. The molecule has 0 saturated heterocycles. The molecule has 15 heavy (non-hydrogen) atoms. The van der Waals surface area contributed by atoms with Crippen LogP contribution < -0.4 is 0 Å². The highest BCUT2D eigenvalue weighted by molar-refractivity contribution is 8.01. The molecule has 0 aliphatic heterocycles. The minimum atomic E-state index is -3.19. The lowest BCUT2D eigenvalue weighted by atomic mass is 10.2. The number of thioether (sulfide) groups is 1. The SMILES string of the molecule is CC(C)CCSc1nnc(S(C)(=O)=O)s1. The number of rotatable bonds is 5. The van der Waals surface area contributed by atoms with Gasteiger partial charge in [0.05, 0.1) is 0 Å². The summed E-state index contributed by atoms with van der Waals surface area (Å²) in [5.74, 6) is 1.61. The van der Waals surface area contributed by atoms with Crippen molar-refractivity contribution >= 4 is 32.9 Å². The molecule has 0 fully saturated rings. The van der Waals surface area contributed by atoms with Gasteiger partial charge in [0.25, 0.3) is 0 Å². The van der Waals surface area contributed by atoms with Crippen LogP contribution in [-0.4, -0.2) is 30.6 Å². The second-order valence-electron chi connectivity index (χ2n) is 3.64. The quantitative estimate of drug-likeness (QED) is 0.764. The zero-order valence-corrected chi connectivity index (χ0v) is 11.4. The van der Waals surface area contributed by atoms with E-state index in [1.807, 2.05) is 0 Å². The van der Waals surface area contributed by atoms with E-state index in [-0.39, 0.29) is 4.34 Å². The van der Waals surface area contributed by atoms with E-state index in [1.54, 1.807) is 11.8 Å². The van der Waals surface area contributed by atoms with Gasteiger partial charge in [-0.1, -0.05) is 36.9 Å². The van der Waals surface area contributed by atoms with Crippen molar-refractivity contribution in [3.63, 3.8) is 0 Å². The Morgan fingerprint density at radius 1 is 1.40 bits per heavy atom. The van der Waals surface area contributed by atoms with E-state index in [1.165, 1.54) is 0 Å². The van der Waals surface area contributed by atoms with E-state index < -0.39 is 9.84 Å². The standard InChI is InChI=1S/C8H14N2O2S3/c1-6(2)4-5-13-7-9-10-8(14-7)15(3,11)12/h6H,4-5H2,1-3H3. The Morgan fingerprint density at radius 2 is 2.07 bits per heavy atom. The van der Waals surface area contributed by atoms with Gasteiger partial charge in [-0.05, 0) is 12.3 Å². The van der Waals surface area contributed by atoms with Crippen LogP contribution in [-0.2, 0) is 9.84 Å². The van der Waals surface area contributed by atoms with Gasteiger partial charge in [0, 0.05) is 12.0 Å². The van der Waals surface area contributed by atoms with Crippen molar-refractivity contribution in [2.24, 2.45) is 5.92 Å². The molecular formula is C8H14N2O2S3. The molecule has 1 aromatic heterocycles. The van der Waals surface area contributed by atoms with Crippen LogP contribution in [0.1, 0.15) is 20.3 Å². The first-order chi connectivity index (χ1) is 6.89. The molecule has 1 aromatic rings. The van der Waals surface area contributed by atoms with E-state index in [0.29, 0.717) is 5.92 Å². The third-order valence-electron chi connectivity index (χ3n) is 1.63. The number of sulfone groups is 1. The largest absolute Gasteiger partial charge is 0.233 e. The Balaban J connectivity index is 2.54. The molecule has 0 saturated carbocycles. The van der Waals surface area contributed by atoms with E-state index in [4.69, 9.17) is 0 Å². The van der Waals surface area contributed by atoms with Gasteiger partial charge in [0.15, 0.2) is 4.34 Å². The van der Waals surface area contributed by atoms with Gasteiger partial charge in [-0.3, -0.25) is 0 Å². The summed E-state index contributed by atoms with van der Waals surface area (Å²) in [7, 11) is -3.19. The fraction of sp³-hybridized carbons (Fsp3) is 0.750. The van der Waals surface area contributed by atoms with E-state index in [9.17, 15) is 8.42 Å². The van der Waals surface area contributed by atoms with Crippen molar-refractivity contribution in [1.82, 2.24) is 10.2 Å². The van der Waals surface area contributed by atoms with Crippen molar-refractivity contribution in [2.45, 2.75) is 28.9 Å². The molecule has 0 aliphatic carbocycles. The Bertz CT molecular complexity index is 411. The van der Waals surface area contributed by atoms with E-state index in [0.717, 1.165) is 34.1 Å². The molecule has 0 aliphatic rings. The van der Waals surface area contributed by atoms with Gasteiger partial charge < -0.3 is 0 Å². The molecule has 1 rings (SSSR count). The molecule has 0 amide bonds. The summed E-state index contributed by atoms with van der Waals surface area (Å²) in [5.41, 5.74) is 0. The summed E-state index contributed by atoms with van der Waals surface area (Å²) < 4.78 is 23.1. The lowest BCUT2D eigenvalue weighted by Crippen LogP contribution is -1.95. The Kier molecular flexibility index (Phi) is 4.54. The van der Waals surface area contributed by atoms with Crippen molar-refractivity contribution in [1.29, 1.82) is 0 Å². The second kappa shape index (κ2) is 5.27. The molecule has 86 valence electrons. The highest BCUT2D eigenvalue weighted by atomic mass is 32.2. The maximum atomic E-state index is 11.1. The highest BCUT2D eigenvalue weighted by Gasteiger charge is 2.14. The predicted octanol–water partition coefficient (Wildman–Crippen LogP) is 2.08. The lowest BCUT2D eigenvalue weighted by Gasteiger charge is -2.00. The van der Waals surface area contributed by atoms with Gasteiger partial charge in [-0.15, -0.1) is 10.2 Å². The molecule has 0 spiro atoms. The average molecular weight is 266 g/mol. The summed E-state index contributed by atoms with van der Waals surface area (Å²) in [6.45, 7) is 4.31. The van der Waals surface area contributed by atoms with Crippen molar-refractivity contribution < 1.29 is 8.42 Å². The lowest BCUT2D eigenvalue weighted by molar-refractivity contribution is 0.599. The molecule has 7 heteroatoms. The fourth-order valence-electron chi connectivity index (χ4n) is 0.787. The van der Waals surface area contributed by atoms with Crippen LogP contribution in [0.3, 0.4) is 0 Å². The molecule has 0 radical (unpaired) electrons. The van der Waals surface area contributed by atoms with Gasteiger partial charge in [0.1, 0.15) is 0 Å². The van der Waals surface area contributed by atoms with Crippen molar-refractivity contribution in [2.75, 3.05) is 12.0 Å². The van der Waals surface area contributed by atoms with Crippen molar-refractivity contribution in [3.05, 3.63) is 0 Å². The second-order valence-corrected chi connectivity index (χ2v) is 8.15. The van der Waals surface area contributed by atoms with Crippen molar-refractivity contribution in [3.8, 4) is 0 Å². The first kappa shape index (κ1) is 12.9. The van der Waals surface area contributed by atoms with Crippen LogP contribution >= 0.6 is 23.1 Å². The van der Waals surface area contributed by atoms with Crippen LogP contribution in [0.4, 0.5) is 0 Å².